The molecule has 0 aromatic heterocycles. The first kappa shape index (κ1) is 45.6. The van der Waals surface area contributed by atoms with E-state index in [1.54, 1.807) is 0 Å². The lowest BCUT2D eigenvalue weighted by Crippen LogP contribution is -2.49. The maximum absolute atomic E-state index is 12.4. The number of amides is 1. The van der Waals surface area contributed by atoms with Crippen LogP contribution >= 0.6 is 11.6 Å². The Bertz CT molecular complexity index is 1070. The van der Waals surface area contributed by atoms with Crippen LogP contribution in [-0.2, 0) is 11.2 Å². The second kappa shape index (κ2) is 26.5. The van der Waals surface area contributed by atoms with E-state index in [1.165, 1.54) is 41.7 Å². The Morgan fingerprint density at radius 2 is 1.52 bits per heavy atom. The van der Waals surface area contributed by atoms with Crippen molar-refractivity contribution in [3.05, 3.63) is 70.0 Å². The number of carbonyl (C=O) groups excluding carboxylic acids is 1. The largest absolute Gasteiger partial charge is 0.444 e. The summed E-state index contributed by atoms with van der Waals surface area (Å²) in [5, 5.41) is 0.839. The fourth-order valence-corrected chi connectivity index (χ4v) is 4.81. The van der Waals surface area contributed by atoms with Crippen molar-refractivity contribution < 1.29 is 9.53 Å². The number of halogens is 1. The van der Waals surface area contributed by atoms with Crippen LogP contribution in [0.15, 0.2) is 64.5 Å². The first-order chi connectivity index (χ1) is 21.7. The highest BCUT2D eigenvalue weighted by Gasteiger charge is 2.27. The summed E-state index contributed by atoms with van der Waals surface area (Å²) >= 11 is 5.78. The Kier molecular flexibility index (Phi) is 26.3. The van der Waals surface area contributed by atoms with Gasteiger partial charge >= 0.3 is 6.09 Å². The van der Waals surface area contributed by atoms with E-state index < -0.39 is 5.60 Å². The highest BCUT2D eigenvalue weighted by Crippen LogP contribution is 2.29. The molecule has 1 saturated heterocycles. The van der Waals surface area contributed by atoms with Gasteiger partial charge in [0, 0.05) is 54.4 Å². The first-order valence-corrected chi connectivity index (χ1v) is 18.1. The average Bonchev–Trinajstić information content (AvgIpc) is 3.00. The van der Waals surface area contributed by atoms with Crippen molar-refractivity contribution in [1.82, 2.24) is 9.80 Å². The van der Waals surface area contributed by atoms with Gasteiger partial charge in [-0.15, -0.1) is 0 Å². The van der Waals surface area contributed by atoms with Crippen molar-refractivity contribution in [2.45, 2.75) is 141 Å². The van der Waals surface area contributed by atoms with E-state index in [4.69, 9.17) is 21.3 Å². The Hall–Kier alpha value is -2.53. The van der Waals surface area contributed by atoms with E-state index in [0.29, 0.717) is 19.0 Å². The molecular weight excluding hydrogens is 590 g/mol. The monoisotopic (exact) mass is 660 g/mol. The number of hydrogen-bond acceptors (Lipinski definition) is 4. The number of rotatable bonds is 9. The molecule has 0 radical (unpaired) electrons. The van der Waals surface area contributed by atoms with E-state index >= 15 is 0 Å². The fraction of sp³-hybridized carbons (Fsp3) is 0.650. The summed E-state index contributed by atoms with van der Waals surface area (Å²) in [6.07, 6.45) is 12.9. The molecule has 1 unspecified atom stereocenters. The molecule has 2 rings (SSSR count). The average molecular weight is 660 g/mol. The molecule has 1 fully saturated rings. The van der Waals surface area contributed by atoms with Crippen molar-refractivity contribution in [2.75, 3.05) is 26.2 Å². The molecule has 5 nitrogen and oxygen atoms in total. The van der Waals surface area contributed by atoms with E-state index in [9.17, 15) is 4.79 Å². The molecule has 6 heteroatoms. The molecule has 1 aliphatic heterocycles. The van der Waals surface area contributed by atoms with Crippen LogP contribution in [0, 0.1) is 5.92 Å². The molecule has 1 aromatic carbocycles. The molecule has 1 aromatic rings. The molecule has 0 bridgehead atoms. The standard InChI is InChI=1S/C25H43N3O2.C9H11Cl.2C3H8/c1-10-13-14-26-20(5)23(22(12-3)19(4)11-2)21(6)27-15-17-28(18-16-27)24(29)30-25(7,8)9;1-2-4-8-5-3-6-9(10)7-8;2*1-3-2/h12-14,19H,10-11,15-18H2,1-9H3;3,5-7H,2,4H2,1H3;2*3H2,1-2H3/b14-13+,22-12-,23-21-,26-20+;;;. The number of aliphatic imine (C=N–C) groups is 1. The summed E-state index contributed by atoms with van der Waals surface area (Å²) in [5.74, 6) is 0.461. The third-order valence-corrected chi connectivity index (χ3v) is 7.14. The highest BCUT2D eigenvalue weighted by molar-refractivity contribution is 6.30. The molecule has 1 atom stereocenters. The summed E-state index contributed by atoms with van der Waals surface area (Å²) in [5.41, 5.74) is 5.72. The number of carbonyl (C=O) groups is 1. The Morgan fingerprint density at radius 1 is 0.978 bits per heavy atom. The summed E-state index contributed by atoms with van der Waals surface area (Å²) in [6, 6.07) is 8.02. The molecule has 0 N–H and O–H groups in total. The lowest BCUT2D eigenvalue weighted by molar-refractivity contribution is 0.0168. The van der Waals surface area contributed by atoms with Gasteiger partial charge in [0.05, 0.1) is 0 Å². The molecule has 0 spiro atoms. The van der Waals surface area contributed by atoms with Crippen LogP contribution in [0.4, 0.5) is 4.79 Å². The quantitative estimate of drug-likeness (QED) is 0.196. The topological polar surface area (TPSA) is 45.1 Å². The molecule has 264 valence electrons. The number of hydrogen-bond donors (Lipinski definition) is 0. The van der Waals surface area contributed by atoms with E-state index in [0.717, 1.165) is 43.1 Å². The van der Waals surface area contributed by atoms with Gasteiger partial charge in [-0.25, -0.2) is 4.79 Å². The van der Waals surface area contributed by atoms with Gasteiger partial charge in [-0.3, -0.25) is 4.99 Å². The van der Waals surface area contributed by atoms with Crippen LogP contribution in [0.1, 0.15) is 135 Å². The minimum absolute atomic E-state index is 0.222. The fourth-order valence-electron chi connectivity index (χ4n) is 4.60. The van der Waals surface area contributed by atoms with Crippen LogP contribution < -0.4 is 0 Å². The zero-order valence-corrected chi connectivity index (χ0v) is 33.0. The summed E-state index contributed by atoms with van der Waals surface area (Å²) < 4.78 is 5.54. The third kappa shape index (κ3) is 19.9. The second-order valence-electron chi connectivity index (χ2n) is 12.8. The zero-order valence-electron chi connectivity index (χ0n) is 32.2. The van der Waals surface area contributed by atoms with Crippen LogP contribution in [0.3, 0.4) is 0 Å². The molecule has 1 aliphatic rings. The van der Waals surface area contributed by atoms with Crippen molar-refractivity contribution >= 4 is 23.4 Å². The predicted molar refractivity (Wildman–Crippen MR) is 205 cm³/mol. The smallest absolute Gasteiger partial charge is 0.410 e. The Morgan fingerprint density at radius 3 is 1.96 bits per heavy atom. The normalized spacial score (nSPS) is 15.0. The van der Waals surface area contributed by atoms with Gasteiger partial charge in [0.25, 0.3) is 0 Å². The van der Waals surface area contributed by atoms with Crippen molar-refractivity contribution in [2.24, 2.45) is 10.9 Å². The van der Waals surface area contributed by atoms with Gasteiger partial charge in [-0.05, 0) is 90.0 Å². The van der Waals surface area contributed by atoms with Crippen LogP contribution in [-0.4, -0.2) is 53.4 Å². The van der Waals surface area contributed by atoms with Gasteiger partial charge in [-0.1, -0.05) is 111 Å². The molecular formula is C40H70ClN3O2. The zero-order chi connectivity index (χ0) is 35.7. The van der Waals surface area contributed by atoms with E-state index in [-0.39, 0.29) is 6.09 Å². The third-order valence-electron chi connectivity index (χ3n) is 6.91. The maximum atomic E-state index is 12.4. The SMILES string of the molecule is CCC.CCC.CCCc1cccc(Cl)c1.C\C=C(C(/C(C)=N/C=C/CC)=C(/C)N1CCN(C(=O)OC(C)(C)C)CC1)\C(C)CC. The lowest BCUT2D eigenvalue weighted by atomic mass is 9.87. The van der Waals surface area contributed by atoms with E-state index in [1.807, 2.05) is 50.1 Å². The molecule has 46 heavy (non-hydrogen) atoms. The molecule has 1 amide bonds. The number of piperazine rings is 1. The number of ether oxygens (including phenoxy) is 1. The van der Waals surface area contributed by atoms with Crippen LogP contribution in [0.25, 0.3) is 0 Å². The number of nitrogens with zero attached hydrogens (tertiary/aromatic N) is 3. The number of allylic oxidation sites excluding steroid dienone is 5. The maximum Gasteiger partial charge on any atom is 0.410 e. The molecule has 0 saturated carbocycles. The van der Waals surface area contributed by atoms with Gasteiger partial charge in [0.15, 0.2) is 0 Å². The predicted octanol–water partition coefficient (Wildman–Crippen LogP) is 12.3. The number of benzene rings is 1. The van der Waals surface area contributed by atoms with Gasteiger partial charge in [0.1, 0.15) is 5.60 Å². The van der Waals surface area contributed by atoms with Crippen molar-refractivity contribution in [3.63, 3.8) is 0 Å². The van der Waals surface area contributed by atoms with Crippen molar-refractivity contribution in [1.29, 1.82) is 0 Å². The minimum atomic E-state index is -0.464. The van der Waals surface area contributed by atoms with Crippen molar-refractivity contribution in [3.8, 4) is 0 Å². The minimum Gasteiger partial charge on any atom is -0.444 e. The second-order valence-corrected chi connectivity index (χ2v) is 13.2. The van der Waals surface area contributed by atoms with E-state index in [2.05, 4.69) is 99.3 Å². The van der Waals surface area contributed by atoms with Crippen LogP contribution in [0.5, 0.6) is 0 Å². The molecule has 1 heterocycles. The van der Waals surface area contributed by atoms with Crippen LogP contribution in [0.2, 0.25) is 5.02 Å². The Balaban J connectivity index is 0. The summed E-state index contributed by atoms with van der Waals surface area (Å²) in [7, 11) is 0. The Labute approximate surface area is 290 Å². The first-order valence-electron chi connectivity index (χ1n) is 17.8. The van der Waals surface area contributed by atoms with Gasteiger partial charge in [-0.2, -0.15) is 0 Å². The van der Waals surface area contributed by atoms with Gasteiger partial charge < -0.3 is 14.5 Å². The van der Waals surface area contributed by atoms with Gasteiger partial charge in [0.2, 0.25) is 0 Å². The lowest BCUT2D eigenvalue weighted by Gasteiger charge is -2.38. The summed E-state index contributed by atoms with van der Waals surface area (Å²) in [4.78, 5) is 21.3. The summed E-state index contributed by atoms with van der Waals surface area (Å²) in [6.45, 7) is 32.3. The highest BCUT2D eigenvalue weighted by atomic mass is 35.5. The number of aryl methyl sites for hydroxylation is 1. The molecule has 0 aliphatic carbocycles.